The van der Waals surface area contributed by atoms with Crippen molar-refractivity contribution in [3.63, 3.8) is 0 Å². The number of phenolic OH excluding ortho intramolecular Hbond substituents is 1. The smallest absolute Gasteiger partial charge is 0.412 e. The molecule has 170 valence electrons. The fourth-order valence-corrected chi connectivity index (χ4v) is 3.76. The molecule has 1 aliphatic heterocycles. The molecule has 1 heterocycles. The molecule has 8 nitrogen and oxygen atoms in total. The van der Waals surface area contributed by atoms with Gasteiger partial charge in [0, 0.05) is 33.3 Å². The Labute approximate surface area is 193 Å². The topological polar surface area (TPSA) is 114 Å². The van der Waals surface area contributed by atoms with E-state index in [1.54, 1.807) is 36.4 Å². The maximum Gasteiger partial charge on any atom is 0.412 e. The fourth-order valence-electron chi connectivity index (χ4n) is 3.38. The van der Waals surface area contributed by atoms with Crippen LogP contribution in [0.4, 0.5) is 10.5 Å². The normalized spacial score (nSPS) is 13.7. The van der Waals surface area contributed by atoms with Crippen molar-refractivity contribution >= 4 is 33.7 Å². The quantitative estimate of drug-likeness (QED) is 0.398. The predicted molar refractivity (Wildman–Crippen MR) is 121 cm³/mol. The first-order chi connectivity index (χ1) is 15.2. The number of fused-ring (bicyclic) bond motifs is 1. The second kappa shape index (κ2) is 9.95. The zero-order valence-electron chi connectivity index (χ0n) is 17.6. The lowest BCUT2D eigenvalue weighted by Crippen LogP contribution is -2.29. The van der Waals surface area contributed by atoms with Crippen molar-refractivity contribution in [1.82, 2.24) is 0 Å². The monoisotopic (exact) mass is 505 g/mol. The number of aromatic hydroxyl groups is 1. The SMILES string of the molecule is CC(C)(CC/C=C/C(=O)O)[C@@H](OC(=O)Nc1ccc2c(c1)OCO2)c1cc(Br)ccc1O. The van der Waals surface area contributed by atoms with E-state index in [0.29, 0.717) is 35.6 Å². The molecular formula is C23H24BrNO7. The van der Waals surface area contributed by atoms with Crippen molar-refractivity contribution in [2.24, 2.45) is 5.41 Å². The number of amides is 1. The first kappa shape index (κ1) is 23.5. The van der Waals surface area contributed by atoms with Gasteiger partial charge in [-0.05, 0) is 43.2 Å². The van der Waals surface area contributed by atoms with Gasteiger partial charge in [-0.25, -0.2) is 9.59 Å². The molecule has 3 rings (SSSR count). The van der Waals surface area contributed by atoms with Gasteiger partial charge < -0.3 is 24.4 Å². The Morgan fingerprint density at radius 3 is 2.72 bits per heavy atom. The van der Waals surface area contributed by atoms with Crippen molar-refractivity contribution in [3.8, 4) is 17.2 Å². The largest absolute Gasteiger partial charge is 0.508 e. The number of carboxylic acids is 1. The second-order valence-corrected chi connectivity index (χ2v) is 8.87. The molecular weight excluding hydrogens is 482 g/mol. The van der Waals surface area contributed by atoms with Crippen LogP contribution in [0, 0.1) is 5.41 Å². The number of halogens is 1. The number of allylic oxidation sites excluding steroid dienone is 1. The molecule has 1 atom stereocenters. The van der Waals surface area contributed by atoms with Crippen molar-refractivity contribution in [1.29, 1.82) is 0 Å². The molecule has 0 aliphatic carbocycles. The third kappa shape index (κ3) is 5.94. The van der Waals surface area contributed by atoms with E-state index in [9.17, 15) is 14.7 Å². The van der Waals surface area contributed by atoms with Crippen molar-refractivity contribution in [2.45, 2.75) is 32.8 Å². The molecule has 1 amide bonds. The van der Waals surface area contributed by atoms with Gasteiger partial charge in [0.25, 0.3) is 0 Å². The Morgan fingerprint density at radius 1 is 1.22 bits per heavy atom. The van der Waals surface area contributed by atoms with Crippen LogP contribution >= 0.6 is 15.9 Å². The standard InChI is InChI=1S/C23H24BrNO7/c1-23(2,10-4-3-5-20(27)28)21(16-11-14(24)6-8-17(16)26)32-22(29)25-15-7-9-18-19(12-15)31-13-30-18/h3,5-9,11-12,21,26H,4,10,13H2,1-2H3,(H,25,29)(H,27,28)/b5-3+/t21-/m0/s1. The highest BCUT2D eigenvalue weighted by atomic mass is 79.9. The third-order valence-electron chi connectivity index (χ3n) is 5.04. The number of carboxylic acid groups (broad SMARTS) is 1. The van der Waals surface area contributed by atoms with Gasteiger partial charge in [0.05, 0.1) is 0 Å². The lowest BCUT2D eigenvalue weighted by molar-refractivity contribution is -0.131. The third-order valence-corrected chi connectivity index (χ3v) is 5.53. The summed E-state index contributed by atoms with van der Waals surface area (Å²) in [5.41, 5.74) is 0.277. The molecule has 0 saturated carbocycles. The van der Waals surface area contributed by atoms with Crippen LogP contribution in [0.2, 0.25) is 0 Å². The van der Waals surface area contributed by atoms with Gasteiger partial charge in [0.2, 0.25) is 6.79 Å². The Balaban J connectivity index is 1.80. The Morgan fingerprint density at radius 2 is 1.97 bits per heavy atom. The summed E-state index contributed by atoms with van der Waals surface area (Å²) in [4.78, 5) is 23.5. The van der Waals surface area contributed by atoms with Gasteiger partial charge in [-0.15, -0.1) is 0 Å². The summed E-state index contributed by atoms with van der Waals surface area (Å²) in [6.07, 6.45) is 2.07. The first-order valence-corrected chi connectivity index (χ1v) is 10.7. The summed E-state index contributed by atoms with van der Waals surface area (Å²) in [6, 6.07) is 9.90. The van der Waals surface area contributed by atoms with Crippen molar-refractivity contribution in [3.05, 3.63) is 58.6 Å². The molecule has 0 radical (unpaired) electrons. The van der Waals surface area contributed by atoms with E-state index < -0.39 is 23.6 Å². The Bertz CT molecular complexity index is 1040. The van der Waals surface area contributed by atoms with Crippen LogP contribution in [-0.2, 0) is 9.53 Å². The van der Waals surface area contributed by atoms with Crippen LogP contribution in [0.15, 0.2) is 53.0 Å². The number of ether oxygens (including phenoxy) is 3. The lowest BCUT2D eigenvalue weighted by atomic mass is 9.78. The number of hydrogen-bond acceptors (Lipinski definition) is 6. The van der Waals surface area contributed by atoms with E-state index in [2.05, 4.69) is 21.2 Å². The Kier molecular flexibility index (Phi) is 7.29. The number of benzene rings is 2. The minimum Gasteiger partial charge on any atom is -0.508 e. The van der Waals surface area contributed by atoms with Gasteiger partial charge in [-0.3, -0.25) is 5.32 Å². The van der Waals surface area contributed by atoms with Crippen molar-refractivity contribution in [2.75, 3.05) is 12.1 Å². The van der Waals surface area contributed by atoms with E-state index in [4.69, 9.17) is 19.3 Å². The van der Waals surface area contributed by atoms with Gasteiger partial charge in [0.1, 0.15) is 11.9 Å². The average molecular weight is 506 g/mol. The molecule has 1 aliphatic rings. The number of phenols is 1. The van der Waals surface area contributed by atoms with E-state index in [1.165, 1.54) is 6.07 Å². The molecule has 2 aromatic rings. The Hall–Kier alpha value is -3.20. The molecule has 0 fully saturated rings. The van der Waals surface area contributed by atoms with Crippen LogP contribution in [-0.4, -0.2) is 29.1 Å². The molecule has 3 N–H and O–H groups in total. The molecule has 9 heteroatoms. The van der Waals surface area contributed by atoms with Crippen molar-refractivity contribution < 1.29 is 34.0 Å². The van der Waals surface area contributed by atoms with Crippen LogP contribution in [0.5, 0.6) is 17.2 Å². The lowest BCUT2D eigenvalue weighted by Gasteiger charge is -2.34. The summed E-state index contributed by atoms with van der Waals surface area (Å²) >= 11 is 3.39. The first-order valence-electron chi connectivity index (χ1n) is 9.91. The zero-order valence-corrected chi connectivity index (χ0v) is 19.2. The fraction of sp³-hybridized carbons (Fsp3) is 0.304. The molecule has 0 saturated heterocycles. The highest BCUT2D eigenvalue weighted by molar-refractivity contribution is 9.10. The highest BCUT2D eigenvalue weighted by Gasteiger charge is 2.35. The van der Waals surface area contributed by atoms with Gasteiger partial charge in [0.15, 0.2) is 11.5 Å². The number of aliphatic carboxylic acids is 1. The molecule has 0 unspecified atom stereocenters. The molecule has 0 spiro atoms. The number of carbonyl (C=O) groups is 2. The van der Waals surface area contributed by atoms with E-state index >= 15 is 0 Å². The highest BCUT2D eigenvalue weighted by Crippen LogP contribution is 2.44. The van der Waals surface area contributed by atoms with Gasteiger partial charge in [-0.1, -0.05) is 35.9 Å². The average Bonchev–Trinajstić information content (AvgIpc) is 3.19. The number of anilines is 1. The number of carbonyl (C=O) groups excluding carboxylic acids is 1. The van der Waals surface area contributed by atoms with Crippen LogP contribution < -0.4 is 14.8 Å². The number of hydrogen-bond donors (Lipinski definition) is 3. The summed E-state index contributed by atoms with van der Waals surface area (Å²) in [5.74, 6) is 0.0810. The molecule has 0 aromatic heterocycles. The van der Waals surface area contributed by atoms with Crippen LogP contribution in [0.25, 0.3) is 0 Å². The second-order valence-electron chi connectivity index (χ2n) is 7.95. The van der Waals surface area contributed by atoms with Crippen LogP contribution in [0.3, 0.4) is 0 Å². The zero-order chi connectivity index (χ0) is 23.3. The predicted octanol–water partition coefficient (Wildman–Crippen LogP) is 5.62. The van der Waals surface area contributed by atoms with Gasteiger partial charge in [-0.2, -0.15) is 0 Å². The summed E-state index contributed by atoms with van der Waals surface area (Å²) in [5, 5.41) is 21.9. The maximum atomic E-state index is 12.8. The van der Waals surface area contributed by atoms with Gasteiger partial charge >= 0.3 is 12.1 Å². The van der Waals surface area contributed by atoms with Crippen LogP contribution in [0.1, 0.15) is 38.4 Å². The van der Waals surface area contributed by atoms with E-state index in [1.807, 2.05) is 13.8 Å². The molecule has 0 bridgehead atoms. The summed E-state index contributed by atoms with van der Waals surface area (Å²) in [7, 11) is 0. The minimum absolute atomic E-state index is 0.0109. The minimum atomic E-state index is -1.02. The van der Waals surface area contributed by atoms with E-state index in [0.717, 1.165) is 10.5 Å². The number of nitrogens with one attached hydrogen (secondary N) is 1. The maximum absolute atomic E-state index is 12.8. The number of rotatable bonds is 8. The van der Waals surface area contributed by atoms with E-state index in [-0.39, 0.29) is 12.5 Å². The summed E-state index contributed by atoms with van der Waals surface area (Å²) < 4.78 is 17.1. The molecule has 32 heavy (non-hydrogen) atoms. The molecule has 2 aromatic carbocycles. The summed E-state index contributed by atoms with van der Waals surface area (Å²) in [6.45, 7) is 3.90.